The van der Waals surface area contributed by atoms with Crippen LogP contribution in [-0.2, 0) is 9.53 Å². The maximum absolute atomic E-state index is 13.0. The highest BCUT2D eigenvalue weighted by Crippen LogP contribution is 2.49. The van der Waals surface area contributed by atoms with Crippen LogP contribution in [0.4, 0.5) is 0 Å². The number of phenols is 3. The molecule has 1 heterocycles. The number of carbonyl (C=O) groups excluding carboxylic acids is 1. The summed E-state index contributed by atoms with van der Waals surface area (Å²) in [5.41, 5.74) is 1.42. The van der Waals surface area contributed by atoms with E-state index >= 15 is 0 Å². The molecule has 168 valence electrons. The zero-order valence-electron chi connectivity index (χ0n) is 18.0. The number of rotatable bonds is 5. The maximum atomic E-state index is 13.0. The standard InChI is InChI=1S/C26H22O7/c1-14-7-6-10-16(11-14)17(12-20(28)32-2)21-23(29)25(31)24(30)22-18(27)13-19(33-26(21)22)15-8-4-3-5-9-15/h3-11,13,17,29-31H,12H2,1-2H3/t17-/m0/s1. The predicted octanol–water partition coefficient (Wildman–Crippen LogP) is 4.58. The minimum absolute atomic E-state index is 0.00572. The molecule has 0 unspecified atom stereocenters. The Morgan fingerprint density at radius 2 is 1.70 bits per heavy atom. The minimum Gasteiger partial charge on any atom is -0.504 e. The van der Waals surface area contributed by atoms with E-state index in [-0.39, 0.29) is 28.7 Å². The van der Waals surface area contributed by atoms with Crippen molar-refractivity contribution in [3.63, 3.8) is 0 Å². The quantitative estimate of drug-likeness (QED) is 0.303. The highest BCUT2D eigenvalue weighted by atomic mass is 16.5. The second kappa shape index (κ2) is 8.70. The minimum atomic E-state index is -0.861. The van der Waals surface area contributed by atoms with Crippen LogP contribution in [0.25, 0.3) is 22.3 Å². The second-order valence-corrected chi connectivity index (χ2v) is 7.75. The number of aryl methyl sites for hydroxylation is 1. The molecule has 4 rings (SSSR count). The highest BCUT2D eigenvalue weighted by molar-refractivity contribution is 5.93. The first-order chi connectivity index (χ1) is 15.8. The van der Waals surface area contributed by atoms with E-state index in [1.807, 2.05) is 25.1 Å². The second-order valence-electron chi connectivity index (χ2n) is 7.75. The lowest BCUT2D eigenvalue weighted by atomic mass is 9.85. The summed E-state index contributed by atoms with van der Waals surface area (Å²) in [4.78, 5) is 25.3. The van der Waals surface area contributed by atoms with Crippen LogP contribution in [0.2, 0.25) is 0 Å². The van der Waals surface area contributed by atoms with Gasteiger partial charge < -0.3 is 24.5 Å². The lowest BCUT2D eigenvalue weighted by Gasteiger charge is -2.21. The molecule has 0 bridgehead atoms. The van der Waals surface area contributed by atoms with Gasteiger partial charge in [0, 0.05) is 23.1 Å². The molecular formula is C26H22O7. The van der Waals surface area contributed by atoms with Crippen LogP contribution in [0.1, 0.15) is 29.0 Å². The van der Waals surface area contributed by atoms with Crippen molar-refractivity contribution in [2.24, 2.45) is 0 Å². The van der Waals surface area contributed by atoms with Gasteiger partial charge in [-0.05, 0) is 12.5 Å². The fraction of sp³-hybridized carbons (Fsp3) is 0.154. The van der Waals surface area contributed by atoms with Crippen LogP contribution in [0.15, 0.2) is 69.9 Å². The van der Waals surface area contributed by atoms with Gasteiger partial charge in [-0.15, -0.1) is 0 Å². The van der Waals surface area contributed by atoms with E-state index in [1.165, 1.54) is 13.2 Å². The number of hydrogen-bond donors (Lipinski definition) is 3. The summed E-state index contributed by atoms with van der Waals surface area (Å²) >= 11 is 0. The molecule has 0 saturated heterocycles. The fourth-order valence-corrected chi connectivity index (χ4v) is 3.96. The third-order valence-corrected chi connectivity index (χ3v) is 5.58. The smallest absolute Gasteiger partial charge is 0.306 e. The Bertz CT molecular complexity index is 1400. The number of hydrogen-bond acceptors (Lipinski definition) is 7. The van der Waals surface area contributed by atoms with Gasteiger partial charge in [0.25, 0.3) is 0 Å². The normalized spacial score (nSPS) is 11.9. The van der Waals surface area contributed by atoms with E-state index < -0.39 is 34.6 Å². The van der Waals surface area contributed by atoms with Crippen LogP contribution in [0.3, 0.4) is 0 Å². The molecule has 1 atom stereocenters. The zero-order valence-corrected chi connectivity index (χ0v) is 18.0. The van der Waals surface area contributed by atoms with Crippen molar-refractivity contribution >= 4 is 16.9 Å². The monoisotopic (exact) mass is 446 g/mol. The van der Waals surface area contributed by atoms with Crippen LogP contribution < -0.4 is 5.43 Å². The number of fused-ring (bicyclic) bond motifs is 1. The van der Waals surface area contributed by atoms with Crippen molar-refractivity contribution in [2.75, 3.05) is 7.11 Å². The molecule has 0 saturated carbocycles. The van der Waals surface area contributed by atoms with Gasteiger partial charge in [0.1, 0.15) is 16.7 Å². The summed E-state index contributed by atoms with van der Waals surface area (Å²) in [7, 11) is 1.25. The van der Waals surface area contributed by atoms with E-state index in [4.69, 9.17) is 9.15 Å². The summed E-state index contributed by atoms with van der Waals surface area (Å²) in [6, 6.07) is 17.3. The van der Waals surface area contributed by atoms with E-state index in [0.717, 1.165) is 5.56 Å². The van der Waals surface area contributed by atoms with Gasteiger partial charge in [-0.2, -0.15) is 0 Å². The molecule has 7 heteroatoms. The van der Waals surface area contributed by atoms with Crippen molar-refractivity contribution in [1.29, 1.82) is 0 Å². The Kier molecular flexibility index (Phi) is 5.79. The van der Waals surface area contributed by atoms with Crippen LogP contribution in [0.5, 0.6) is 17.2 Å². The summed E-state index contributed by atoms with van der Waals surface area (Å²) in [5.74, 6) is -3.52. The predicted molar refractivity (Wildman–Crippen MR) is 123 cm³/mol. The summed E-state index contributed by atoms with van der Waals surface area (Å²) in [5, 5.41) is 31.5. The molecule has 0 fully saturated rings. The zero-order chi connectivity index (χ0) is 23.7. The molecule has 1 aromatic heterocycles. The fourth-order valence-electron chi connectivity index (χ4n) is 3.96. The van der Waals surface area contributed by atoms with E-state index in [0.29, 0.717) is 11.1 Å². The molecule has 0 aliphatic heterocycles. The first-order valence-electron chi connectivity index (χ1n) is 10.2. The molecule has 3 N–H and O–H groups in total. The number of methoxy groups -OCH3 is 1. The molecule has 4 aromatic rings. The molecule has 0 spiro atoms. The van der Waals surface area contributed by atoms with Gasteiger partial charge >= 0.3 is 5.97 Å². The average molecular weight is 446 g/mol. The summed E-state index contributed by atoms with van der Waals surface area (Å²) in [6.45, 7) is 1.87. The third kappa shape index (κ3) is 4.01. The number of ether oxygens (including phenoxy) is 1. The molecule has 3 aromatic carbocycles. The number of carbonyl (C=O) groups is 1. The Morgan fingerprint density at radius 1 is 0.970 bits per heavy atom. The van der Waals surface area contributed by atoms with Crippen molar-refractivity contribution in [2.45, 2.75) is 19.3 Å². The summed E-state index contributed by atoms with van der Waals surface area (Å²) < 4.78 is 10.9. The molecular weight excluding hydrogens is 424 g/mol. The molecule has 0 aliphatic carbocycles. The van der Waals surface area contributed by atoms with Crippen molar-refractivity contribution < 1.29 is 29.3 Å². The molecule has 33 heavy (non-hydrogen) atoms. The molecule has 0 aliphatic rings. The van der Waals surface area contributed by atoms with Gasteiger partial charge in [0.2, 0.25) is 5.75 Å². The Morgan fingerprint density at radius 3 is 2.36 bits per heavy atom. The number of phenolic OH excluding ortho intramolecular Hbond substituents is 3. The van der Waals surface area contributed by atoms with E-state index in [1.54, 1.807) is 36.4 Å². The lowest BCUT2D eigenvalue weighted by molar-refractivity contribution is -0.140. The van der Waals surface area contributed by atoms with Gasteiger partial charge in [0.15, 0.2) is 16.9 Å². The van der Waals surface area contributed by atoms with E-state index in [2.05, 4.69) is 0 Å². The van der Waals surface area contributed by atoms with Gasteiger partial charge in [-0.25, -0.2) is 0 Å². The Balaban J connectivity index is 2.10. The maximum Gasteiger partial charge on any atom is 0.306 e. The Hall–Kier alpha value is -4.26. The number of esters is 1. The molecule has 0 radical (unpaired) electrons. The van der Waals surface area contributed by atoms with Gasteiger partial charge in [-0.3, -0.25) is 9.59 Å². The third-order valence-electron chi connectivity index (χ3n) is 5.58. The first-order valence-corrected chi connectivity index (χ1v) is 10.2. The van der Waals surface area contributed by atoms with Crippen LogP contribution in [-0.4, -0.2) is 28.4 Å². The topological polar surface area (TPSA) is 117 Å². The SMILES string of the molecule is COC(=O)C[C@@H](c1cccc(C)c1)c1c(O)c(O)c(O)c2c(=O)cc(-c3ccccc3)oc12. The number of benzene rings is 3. The average Bonchev–Trinajstić information content (AvgIpc) is 2.82. The van der Waals surface area contributed by atoms with Crippen molar-refractivity contribution in [3.05, 3.63) is 87.6 Å². The lowest BCUT2D eigenvalue weighted by Crippen LogP contribution is -2.12. The highest BCUT2D eigenvalue weighted by Gasteiger charge is 2.31. The van der Waals surface area contributed by atoms with Gasteiger partial charge in [-0.1, -0.05) is 60.2 Å². The van der Waals surface area contributed by atoms with Crippen LogP contribution in [0, 0.1) is 6.92 Å². The molecule has 7 nitrogen and oxygen atoms in total. The van der Waals surface area contributed by atoms with Crippen molar-refractivity contribution in [3.8, 4) is 28.6 Å². The van der Waals surface area contributed by atoms with Gasteiger partial charge in [0.05, 0.1) is 13.5 Å². The Labute approximate surface area is 189 Å². The van der Waals surface area contributed by atoms with E-state index in [9.17, 15) is 24.9 Å². The van der Waals surface area contributed by atoms with Crippen LogP contribution >= 0.6 is 0 Å². The number of aromatic hydroxyl groups is 3. The van der Waals surface area contributed by atoms with Crippen molar-refractivity contribution in [1.82, 2.24) is 0 Å². The first kappa shape index (κ1) is 22.0. The largest absolute Gasteiger partial charge is 0.504 e. The molecule has 0 amide bonds. The summed E-state index contributed by atoms with van der Waals surface area (Å²) in [6.07, 6.45) is -0.202.